The Morgan fingerprint density at radius 1 is 1.32 bits per heavy atom. The second-order valence-electron chi connectivity index (χ2n) is 4.63. The number of hydrogen-bond donors (Lipinski definition) is 1. The Kier molecular flexibility index (Phi) is 5.96. The molecule has 19 heavy (non-hydrogen) atoms. The molecule has 0 unspecified atom stereocenters. The molecule has 0 heterocycles. The number of aryl methyl sites for hydroxylation is 2. The molecule has 0 spiro atoms. The molecule has 1 aromatic rings. The van der Waals surface area contributed by atoms with Crippen LogP contribution in [0.2, 0.25) is 0 Å². The number of hydrogen-bond acceptors (Lipinski definition) is 2. The van der Waals surface area contributed by atoms with Crippen LogP contribution in [-0.2, 0) is 0 Å². The smallest absolute Gasteiger partial charge is 0.387 e. The minimum absolute atomic E-state index is 0.275. The molecule has 2 nitrogen and oxygen atoms in total. The van der Waals surface area contributed by atoms with Crippen molar-refractivity contribution in [3.63, 3.8) is 0 Å². The van der Waals surface area contributed by atoms with Crippen molar-refractivity contribution in [1.29, 1.82) is 0 Å². The van der Waals surface area contributed by atoms with Gasteiger partial charge in [0.2, 0.25) is 0 Å². The second kappa shape index (κ2) is 7.24. The van der Waals surface area contributed by atoms with Gasteiger partial charge in [-0.15, -0.1) is 0 Å². The Balaban J connectivity index is 2.94. The molecule has 0 aliphatic rings. The summed E-state index contributed by atoms with van der Waals surface area (Å²) in [5.74, 6) is 0.275. The Labute approximate surface area is 113 Å². The molecule has 106 valence electrons. The molecule has 1 aromatic carbocycles. The standard InChI is InChI=1S/C15H21F2NO/c1-5-18-9-10(2)6-13-7-11(3)14(12(4)8-13)19-15(16)17/h6-8,15,18H,5,9H2,1-4H3. The SMILES string of the molecule is CCNCC(C)=Cc1cc(C)c(OC(F)F)c(C)c1. The van der Waals surface area contributed by atoms with Gasteiger partial charge in [-0.25, -0.2) is 0 Å². The molecule has 0 saturated heterocycles. The number of nitrogens with one attached hydrogen (secondary N) is 1. The van der Waals surface area contributed by atoms with Crippen LogP contribution < -0.4 is 10.1 Å². The Hall–Kier alpha value is -1.42. The summed E-state index contributed by atoms with van der Waals surface area (Å²) in [6, 6.07) is 3.72. The number of rotatable bonds is 6. The maximum absolute atomic E-state index is 12.3. The number of alkyl halides is 2. The lowest BCUT2D eigenvalue weighted by molar-refractivity contribution is -0.0507. The lowest BCUT2D eigenvalue weighted by Crippen LogP contribution is -2.14. The van der Waals surface area contributed by atoms with Gasteiger partial charge in [0.15, 0.2) is 0 Å². The molecular weight excluding hydrogens is 248 g/mol. The first-order valence-electron chi connectivity index (χ1n) is 6.38. The molecule has 4 heteroatoms. The molecule has 1 N–H and O–H groups in total. The van der Waals surface area contributed by atoms with Gasteiger partial charge in [0.05, 0.1) is 0 Å². The largest absolute Gasteiger partial charge is 0.434 e. The number of benzene rings is 1. The molecule has 0 bridgehead atoms. The first-order chi connectivity index (χ1) is 8.93. The van der Waals surface area contributed by atoms with Gasteiger partial charge in [-0.05, 0) is 56.1 Å². The summed E-state index contributed by atoms with van der Waals surface area (Å²) in [4.78, 5) is 0. The minimum atomic E-state index is -2.78. The van der Waals surface area contributed by atoms with E-state index in [0.29, 0.717) is 0 Å². The van der Waals surface area contributed by atoms with Gasteiger partial charge in [0, 0.05) is 6.54 Å². The monoisotopic (exact) mass is 269 g/mol. The van der Waals surface area contributed by atoms with Gasteiger partial charge in [-0.1, -0.05) is 18.6 Å². The molecule has 0 fully saturated rings. The number of halogens is 2. The Morgan fingerprint density at radius 2 is 1.89 bits per heavy atom. The van der Waals surface area contributed by atoms with Crippen LogP contribution in [0.3, 0.4) is 0 Å². The summed E-state index contributed by atoms with van der Waals surface area (Å²) in [5, 5.41) is 3.24. The van der Waals surface area contributed by atoms with Crippen LogP contribution >= 0.6 is 0 Å². The number of ether oxygens (including phenoxy) is 1. The Bertz CT molecular complexity index is 432. The van der Waals surface area contributed by atoms with E-state index >= 15 is 0 Å². The summed E-state index contributed by atoms with van der Waals surface area (Å²) >= 11 is 0. The first-order valence-corrected chi connectivity index (χ1v) is 6.38. The van der Waals surface area contributed by atoms with Gasteiger partial charge < -0.3 is 10.1 Å². The molecule has 0 aliphatic carbocycles. The highest BCUT2D eigenvalue weighted by atomic mass is 19.3. The van der Waals surface area contributed by atoms with Crippen molar-refractivity contribution in [1.82, 2.24) is 5.32 Å². The molecular formula is C15H21F2NO. The highest BCUT2D eigenvalue weighted by Gasteiger charge is 2.11. The molecule has 1 rings (SSSR count). The third-order valence-electron chi connectivity index (χ3n) is 2.76. The van der Waals surface area contributed by atoms with Crippen LogP contribution in [-0.4, -0.2) is 19.7 Å². The quantitative estimate of drug-likeness (QED) is 0.845. The fourth-order valence-electron chi connectivity index (χ4n) is 2.00. The van der Waals surface area contributed by atoms with Crippen LogP contribution in [0.15, 0.2) is 17.7 Å². The average molecular weight is 269 g/mol. The van der Waals surface area contributed by atoms with Gasteiger partial charge >= 0.3 is 6.61 Å². The van der Waals surface area contributed by atoms with E-state index in [1.165, 1.54) is 5.57 Å². The first kappa shape index (κ1) is 15.6. The predicted octanol–water partition coefficient (Wildman–Crippen LogP) is 3.92. The summed E-state index contributed by atoms with van der Waals surface area (Å²) < 4.78 is 29.1. The van der Waals surface area contributed by atoms with Crippen molar-refractivity contribution < 1.29 is 13.5 Å². The predicted molar refractivity (Wildman–Crippen MR) is 74.7 cm³/mol. The second-order valence-corrected chi connectivity index (χ2v) is 4.63. The summed E-state index contributed by atoms with van der Waals surface area (Å²) in [6.45, 7) is 6.61. The van der Waals surface area contributed by atoms with E-state index in [0.717, 1.165) is 29.8 Å². The van der Waals surface area contributed by atoms with E-state index in [9.17, 15) is 8.78 Å². The Morgan fingerprint density at radius 3 is 2.37 bits per heavy atom. The topological polar surface area (TPSA) is 21.3 Å². The van der Waals surface area contributed by atoms with Crippen molar-refractivity contribution >= 4 is 6.08 Å². The zero-order chi connectivity index (χ0) is 14.4. The third-order valence-corrected chi connectivity index (χ3v) is 2.76. The van der Waals surface area contributed by atoms with E-state index in [2.05, 4.69) is 23.1 Å². The van der Waals surface area contributed by atoms with Crippen LogP contribution in [0.4, 0.5) is 8.78 Å². The van der Waals surface area contributed by atoms with Gasteiger partial charge in [-0.3, -0.25) is 0 Å². The van der Waals surface area contributed by atoms with E-state index in [4.69, 9.17) is 0 Å². The summed E-state index contributed by atoms with van der Waals surface area (Å²) in [6.07, 6.45) is 2.05. The van der Waals surface area contributed by atoms with Crippen molar-refractivity contribution in [2.75, 3.05) is 13.1 Å². The molecule has 0 radical (unpaired) electrons. The van der Waals surface area contributed by atoms with Gasteiger partial charge in [0.25, 0.3) is 0 Å². The van der Waals surface area contributed by atoms with Crippen molar-refractivity contribution in [3.8, 4) is 5.75 Å². The van der Waals surface area contributed by atoms with Gasteiger partial charge in [0.1, 0.15) is 5.75 Å². The van der Waals surface area contributed by atoms with Crippen LogP contribution in [0.1, 0.15) is 30.5 Å². The molecule has 0 aliphatic heterocycles. The summed E-state index contributed by atoms with van der Waals surface area (Å²) in [5.41, 5.74) is 3.65. The normalized spacial score (nSPS) is 12.1. The molecule has 0 atom stereocenters. The minimum Gasteiger partial charge on any atom is -0.434 e. The molecule has 0 saturated carbocycles. The fourth-order valence-corrected chi connectivity index (χ4v) is 2.00. The van der Waals surface area contributed by atoms with Crippen molar-refractivity contribution in [2.24, 2.45) is 0 Å². The molecule has 0 amide bonds. The highest BCUT2D eigenvalue weighted by Crippen LogP contribution is 2.27. The van der Waals surface area contributed by atoms with E-state index in [-0.39, 0.29) is 5.75 Å². The van der Waals surface area contributed by atoms with Crippen molar-refractivity contribution in [2.45, 2.75) is 34.3 Å². The van der Waals surface area contributed by atoms with Crippen molar-refractivity contribution in [3.05, 3.63) is 34.4 Å². The lowest BCUT2D eigenvalue weighted by atomic mass is 10.0. The van der Waals surface area contributed by atoms with Crippen LogP contribution in [0.25, 0.3) is 6.08 Å². The highest BCUT2D eigenvalue weighted by molar-refractivity contribution is 5.58. The van der Waals surface area contributed by atoms with Crippen LogP contribution in [0, 0.1) is 13.8 Å². The third kappa shape index (κ3) is 4.99. The zero-order valence-electron chi connectivity index (χ0n) is 11.9. The maximum Gasteiger partial charge on any atom is 0.387 e. The number of likely N-dealkylation sites (N-methyl/N-ethyl adjacent to an activating group) is 1. The van der Waals surface area contributed by atoms with Gasteiger partial charge in [-0.2, -0.15) is 8.78 Å². The van der Waals surface area contributed by atoms with E-state index in [1.807, 2.05) is 19.1 Å². The molecule has 0 aromatic heterocycles. The van der Waals surface area contributed by atoms with Crippen LogP contribution in [0.5, 0.6) is 5.75 Å². The summed E-state index contributed by atoms with van der Waals surface area (Å²) in [7, 11) is 0. The van der Waals surface area contributed by atoms with E-state index < -0.39 is 6.61 Å². The lowest BCUT2D eigenvalue weighted by Gasteiger charge is -2.12. The maximum atomic E-state index is 12.3. The van der Waals surface area contributed by atoms with E-state index in [1.54, 1.807) is 13.8 Å². The fraction of sp³-hybridized carbons (Fsp3) is 0.467. The average Bonchev–Trinajstić information content (AvgIpc) is 2.31. The zero-order valence-corrected chi connectivity index (χ0v) is 11.9.